The van der Waals surface area contributed by atoms with Crippen molar-refractivity contribution >= 4 is 5.69 Å². The first-order valence-electron chi connectivity index (χ1n) is 7.85. The standard InChI is InChI=1S/C18H19FN4O/c1-24-18-5-2-14(10-17(18)19)13-22-6-8-23(9-7-22)16-4-3-15(11-20)21-12-16/h2-5,10,12H,6-9,13H2,1H3. The number of hydrogen-bond acceptors (Lipinski definition) is 5. The second-order valence-electron chi connectivity index (χ2n) is 5.75. The van der Waals surface area contributed by atoms with Crippen molar-refractivity contribution in [2.45, 2.75) is 6.54 Å². The van der Waals surface area contributed by atoms with E-state index >= 15 is 0 Å². The van der Waals surface area contributed by atoms with Crippen LogP contribution < -0.4 is 9.64 Å². The fourth-order valence-corrected chi connectivity index (χ4v) is 2.87. The lowest BCUT2D eigenvalue weighted by Gasteiger charge is -2.36. The van der Waals surface area contributed by atoms with Crippen molar-refractivity contribution in [2.24, 2.45) is 0 Å². The molecular weight excluding hydrogens is 307 g/mol. The number of aromatic nitrogens is 1. The summed E-state index contributed by atoms with van der Waals surface area (Å²) in [6.07, 6.45) is 1.74. The van der Waals surface area contributed by atoms with E-state index < -0.39 is 0 Å². The van der Waals surface area contributed by atoms with Crippen LogP contribution in [0.2, 0.25) is 0 Å². The summed E-state index contributed by atoms with van der Waals surface area (Å²) in [6, 6.07) is 10.8. The maximum atomic E-state index is 13.8. The van der Waals surface area contributed by atoms with E-state index in [2.05, 4.69) is 14.8 Å². The Morgan fingerprint density at radius 2 is 2.00 bits per heavy atom. The van der Waals surface area contributed by atoms with Crippen LogP contribution in [0.15, 0.2) is 36.5 Å². The van der Waals surface area contributed by atoms with Gasteiger partial charge in [-0.15, -0.1) is 0 Å². The third-order valence-corrected chi connectivity index (χ3v) is 4.22. The van der Waals surface area contributed by atoms with Crippen LogP contribution in [-0.2, 0) is 6.54 Å². The van der Waals surface area contributed by atoms with Crippen molar-refractivity contribution in [1.29, 1.82) is 5.26 Å². The lowest BCUT2D eigenvalue weighted by atomic mass is 10.1. The third-order valence-electron chi connectivity index (χ3n) is 4.22. The van der Waals surface area contributed by atoms with E-state index in [4.69, 9.17) is 10.00 Å². The van der Waals surface area contributed by atoms with E-state index in [1.165, 1.54) is 13.2 Å². The second-order valence-corrected chi connectivity index (χ2v) is 5.75. The number of piperazine rings is 1. The molecule has 1 saturated heterocycles. The summed E-state index contributed by atoms with van der Waals surface area (Å²) in [6.45, 7) is 4.28. The van der Waals surface area contributed by atoms with Gasteiger partial charge in [-0.2, -0.15) is 5.26 Å². The zero-order valence-corrected chi connectivity index (χ0v) is 13.6. The van der Waals surface area contributed by atoms with Gasteiger partial charge in [0, 0.05) is 32.7 Å². The van der Waals surface area contributed by atoms with Crippen molar-refractivity contribution in [3.05, 3.63) is 53.6 Å². The van der Waals surface area contributed by atoms with Crippen LogP contribution in [0.5, 0.6) is 5.75 Å². The Hall–Kier alpha value is -2.65. The van der Waals surface area contributed by atoms with Crippen molar-refractivity contribution in [1.82, 2.24) is 9.88 Å². The summed E-state index contributed by atoms with van der Waals surface area (Å²) in [7, 11) is 1.47. The van der Waals surface area contributed by atoms with Gasteiger partial charge in [0.2, 0.25) is 0 Å². The normalized spacial score (nSPS) is 15.1. The number of pyridine rings is 1. The van der Waals surface area contributed by atoms with E-state index in [-0.39, 0.29) is 11.6 Å². The van der Waals surface area contributed by atoms with Crippen LogP contribution >= 0.6 is 0 Å². The summed E-state index contributed by atoms with van der Waals surface area (Å²) >= 11 is 0. The second kappa shape index (κ2) is 7.28. The number of nitrogens with zero attached hydrogens (tertiary/aromatic N) is 4. The molecule has 5 nitrogen and oxygen atoms in total. The Bertz CT molecular complexity index is 734. The summed E-state index contributed by atoms with van der Waals surface area (Å²) in [5.41, 5.74) is 2.41. The molecule has 24 heavy (non-hydrogen) atoms. The smallest absolute Gasteiger partial charge is 0.165 e. The fraction of sp³-hybridized carbons (Fsp3) is 0.333. The van der Waals surface area contributed by atoms with Crippen LogP contribution in [0.25, 0.3) is 0 Å². The highest BCUT2D eigenvalue weighted by Gasteiger charge is 2.18. The molecule has 124 valence electrons. The molecule has 1 fully saturated rings. The molecule has 2 heterocycles. The molecule has 0 radical (unpaired) electrons. The van der Waals surface area contributed by atoms with Gasteiger partial charge in [0.25, 0.3) is 0 Å². The SMILES string of the molecule is COc1ccc(CN2CCN(c3ccc(C#N)nc3)CC2)cc1F. The average molecular weight is 326 g/mol. The van der Waals surface area contributed by atoms with Crippen LogP contribution in [0, 0.1) is 17.1 Å². The molecular formula is C18H19FN4O. The molecule has 2 aromatic rings. The van der Waals surface area contributed by atoms with Gasteiger partial charge in [0.05, 0.1) is 19.0 Å². The number of rotatable bonds is 4. The minimum atomic E-state index is -0.322. The molecule has 0 atom stereocenters. The fourth-order valence-electron chi connectivity index (χ4n) is 2.87. The van der Waals surface area contributed by atoms with E-state index in [1.54, 1.807) is 18.3 Å². The third kappa shape index (κ3) is 3.63. The molecule has 3 rings (SSSR count). The topological polar surface area (TPSA) is 52.4 Å². The number of methoxy groups -OCH3 is 1. The number of ether oxygens (including phenoxy) is 1. The van der Waals surface area contributed by atoms with Crippen molar-refractivity contribution in [3.8, 4) is 11.8 Å². The van der Waals surface area contributed by atoms with Crippen LogP contribution in [0.4, 0.5) is 10.1 Å². The lowest BCUT2D eigenvalue weighted by Crippen LogP contribution is -2.46. The zero-order valence-electron chi connectivity index (χ0n) is 13.6. The molecule has 6 heteroatoms. The molecule has 0 aliphatic carbocycles. The highest BCUT2D eigenvalue weighted by Crippen LogP contribution is 2.20. The molecule has 1 aromatic heterocycles. The Morgan fingerprint density at radius 3 is 2.58 bits per heavy atom. The Kier molecular flexibility index (Phi) is 4.92. The number of hydrogen-bond donors (Lipinski definition) is 0. The largest absolute Gasteiger partial charge is 0.494 e. The summed E-state index contributed by atoms with van der Waals surface area (Å²) in [4.78, 5) is 8.66. The van der Waals surface area contributed by atoms with Gasteiger partial charge in [0.15, 0.2) is 11.6 Å². The highest BCUT2D eigenvalue weighted by molar-refractivity contribution is 5.46. The summed E-state index contributed by atoms with van der Waals surface area (Å²) in [5, 5.41) is 8.80. The molecule has 1 aliphatic heterocycles. The first kappa shape index (κ1) is 16.2. The first-order chi connectivity index (χ1) is 11.7. The molecule has 0 bridgehead atoms. The number of halogens is 1. The Balaban J connectivity index is 1.56. The number of benzene rings is 1. The first-order valence-corrected chi connectivity index (χ1v) is 7.85. The van der Waals surface area contributed by atoms with Gasteiger partial charge in [-0.05, 0) is 29.8 Å². The van der Waals surface area contributed by atoms with Crippen LogP contribution in [0.1, 0.15) is 11.3 Å². The number of nitriles is 1. The molecule has 1 aromatic carbocycles. The predicted octanol–water partition coefficient (Wildman–Crippen LogP) is 2.42. The van der Waals surface area contributed by atoms with E-state index in [1.807, 2.05) is 18.2 Å². The highest BCUT2D eigenvalue weighted by atomic mass is 19.1. The maximum absolute atomic E-state index is 13.8. The molecule has 0 saturated carbocycles. The average Bonchev–Trinajstić information content (AvgIpc) is 2.63. The zero-order chi connectivity index (χ0) is 16.9. The Labute approximate surface area is 140 Å². The van der Waals surface area contributed by atoms with Gasteiger partial charge in [0.1, 0.15) is 11.8 Å². The molecule has 0 amide bonds. The van der Waals surface area contributed by atoms with Crippen LogP contribution in [-0.4, -0.2) is 43.2 Å². The lowest BCUT2D eigenvalue weighted by molar-refractivity contribution is 0.249. The molecule has 1 aliphatic rings. The summed E-state index contributed by atoms with van der Waals surface area (Å²) in [5.74, 6) is -0.0471. The monoisotopic (exact) mass is 326 g/mol. The maximum Gasteiger partial charge on any atom is 0.165 e. The van der Waals surface area contributed by atoms with Gasteiger partial charge in [-0.1, -0.05) is 6.07 Å². The summed E-state index contributed by atoms with van der Waals surface area (Å²) < 4.78 is 18.7. The van der Waals surface area contributed by atoms with Crippen molar-refractivity contribution < 1.29 is 9.13 Å². The van der Waals surface area contributed by atoms with E-state index in [0.717, 1.165) is 44.0 Å². The molecule has 0 spiro atoms. The van der Waals surface area contributed by atoms with Gasteiger partial charge in [-0.25, -0.2) is 9.37 Å². The minimum absolute atomic E-state index is 0.275. The van der Waals surface area contributed by atoms with E-state index in [0.29, 0.717) is 5.69 Å². The van der Waals surface area contributed by atoms with E-state index in [9.17, 15) is 4.39 Å². The number of anilines is 1. The molecule has 0 N–H and O–H groups in total. The van der Waals surface area contributed by atoms with Gasteiger partial charge in [-0.3, -0.25) is 4.90 Å². The molecule has 0 unspecified atom stereocenters. The predicted molar refractivity (Wildman–Crippen MR) is 89.4 cm³/mol. The van der Waals surface area contributed by atoms with Crippen molar-refractivity contribution in [2.75, 3.05) is 38.2 Å². The minimum Gasteiger partial charge on any atom is -0.494 e. The van der Waals surface area contributed by atoms with Gasteiger partial charge < -0.3 is 9.64 Å². The quantitative estimate of drug-likeness (QED) is 0.864. The van der Waals surface area contributed by atoms with Crippen LogP contribution in [0.3, 0.4) is 0 Å². The van der Waals surface area contributed by atoms with Gasteiger partial charge >= 0.3 is 0 Å². The Morgan fingerprint density at radius 1 is 1.21 bits per heavy atom. The van der Waals surface area contributed by atoms with Crippen molar-refractivity contribution in [3.63, 3.8) is 0 Å².